The monoisotopic (exact) mass is 300 g/mol. The molecule has 0 aliphatic carbocycles. The normalized spacial score (nSPS) is 22.9. The molecule has 1 atom stereocenters. The van der Waals surface area contributed by atoms with Crippen LogP contribution in [-0.4, -0.2) is 27.3 Å². The Labute approximate surface area is 131 Å². The lowest BCUT2D eigenvalue weighted by Crippen LogP contribution is -2.38. The van der Waals surface area contributed by atoms with Gasteiger partial charge in [-0.05, 0) is 46.2 Å². The summed E-state index contributed by atoms with van der Waals surface area (Å²) in [6.45, 7) is 8.38. The molecule has 2 aromatic rings. The fourth-order valence-electron chi connectivity index (χ4n) is 3.36. The van der Waals surface area contributed by atoms with Gasteiger partial charge in [-0.15, -0.1) is 0 Å². The summed E-state index contributed by atoms with van der Waals surface area (Å²) in [5.41, 5.74) is 1.32. The highest BCUT2D eigenvalue weighted by Gasteiger charge is 2.46. The number of hydrogen-bond acceptors (Lipinski definition) is 4. The van der Waals surface area contributed by atoms with Crippen molar-refractivity contribution in [2.45, 2.75) is 58.0 Å². The lowest BCUT2D eigenvalue weighted by Gasteiger charge is -2.28. The van der Waals surface area contributed by atoms with Crippen molar-refractivity contribution in [3.05, 3.63) is 35.9 Å². The molecule has 0 radical (unpaired) electrons. The Morgan fingerprint density at radius 3 is 2.64 bits per heavy atom. The van der Waals surface area contributed by atoms with E-state index in [1.807, 2.05) is 30.3 Å². The maximum absolute atomic E-state index is 9.67. The third kappa shape index (κ3) is 2.81. The third-order valence-corrected chi connectivity index (χ3v) is 4.36. The fraction of sp³-hybridized carbons (Fsp3) is 0.500. The molecule has 3 rings (SSSR count). The number of nitrogens with one attached hydrogen (secondary N) is 1. The molecule has 0 saturated carbocycles. The number of nitrogens with zero attached hydrogens (tertiary/aromatic N) is 1. The van der Waals surface area contributed by atoms with E-state index in [0.717, 1.165) is 28.7 Å². The van der Waals surface area contributed by atoms with E-state index in [4.69, 9.17) is 9.72 Å². The molecule has 118 valence electrons. The van der Waals surface area contributed by atoms with E-state index >= 15 is 0 Å². The van der Waals surface area contributed by atoms with Crippen molar-refractivity contribution in [3.63, 3.8) is 0 Å². The SMILES string of the molecule is CC1(C)CC(Nc2nc3ccccc3cc2CO)C(C)(C)O1. The van der Waals surface area contributed by atoms with Gasteiger partial charge in [-0.25, -0.2) is 4.98 Å². The Balaban J connectivity index is 1.96. The smallest absolute Gasteiger partial charge is 0.132 e. The van der Waals surface area contributed by atoms with Crippen molar-refractivity contribution in [1.82, 2.24) is 4.98 Å². The van der Waals surface area contributed by atoms with Gasteiger partial charge in [0.1, 0.15) is 5.82 Å². The second-order valence-corrected chi connectivity index (χ2v) is 7.21. The molecular formula is C18H24N2O2. The topological polar surface area (TPSA) is 54.4 Å². The van der Waals surface area contributed by atoms with Crippen LogP contribution >= 0.6 is 0 Å². The first-order valence-electron chi connectivity index (χ1n) is 7.77. The third-order valence-electron chi connectivity index (χ3n) is 4.36. The van der Waals surface area contributed by atoms with Crippen LogP contribution in [0.4, 0.5) is 5.82 Å². The number of aliphatic hydroxyl groups is 1. The molecule has 1 aliphatic heterocycles. The molecule has 1 fully saturated rings. The van der Waals surface area contributed by atoms with E-state index in [-0.39, 0.29) is 23.9 Å². The van der Waals surface area contributed by atoms with Crippen LogP contribution in [0.3, 0.4) is 0 Å². The van der Waals surface area contributed by atoms with Crippen molar-refractivity contribution in [2.75, 3.05) is 5.32 Å². The van der Waals surface area contributed by atoms with Crippen LogP contribution in [0.5, 0.6) is 0 Å². The Bertz CT molecular complexity index is 695. The Morgan fingerprint density at radius 2 is 2.00 bits per heavy atom. The molecular weight excluding hydrogens is 276 g/mol. The number of hydrogen-bond donors (Lipinski definition) is 2. The molecule has 0 amide bonds. The number of para-hydroxylation sites is 1. The van der Waals surface area contributed by atoms with Crippen LogP contribution in [-0.2, 0) is 11.3 Å². The van der Waals surface area contributed by atoms with Crippen LogP contribution in [0, 0.1) is 0 Å². The molecule has 0 spiro atoms. The van der Waals surface area contributed by atoms with Gasteiger partial charge in [0.05, 0.1) is 29.4 Å². The molecule has 0 bridgehead atoms. The zero-order valence-corrected chi connectivity index (χ0v) is 13.7. The van der Waals surface area contributed by atoms with Crippen LogP contribution in [0.1, 0.15) is 39.7 Å². The summed E-state index contributed by atoms with van der Waals surface area (Å²) in [6.07, 6.45) is 0.902. The van der Waals surface area contributed by atoms with Crippen molar-refractivity contribution < 1.29 is 9.84 Å². The second-order valence-electron chi connectivity index (χ2n) is 7.21. The summed E-state index contributed by atoms with van der Waals surface area (Å²) >= 11 is 0. The number of pyridine rings is 1. The van der Waals surface area contributed by atoms with Crippen molar-refractivity contribution in [2.24, 2.45) is 0 Å². The largest absolute Gasteiger partial charge is 0.392 e. The molecule has 2 heterocycles. The number of benzene rings is 1. The Hall–Kier alpha value is -1.65. The average molecular weight is 300 g/mol. The van der Waals surface area contributed by atoms with E-state index in [1.54, 1.807) is 0 Å². The Kier molecular flexibility index (Phi) is 3.62. The molecule has 1 aromatic carbocycles. The van der Waals surface area contributed by atoms with Crippen molar-refractivity contribution in [1.29, 1.82) is 0 Å². The quantitative estimate of drug-likeness (QED) is 0.911. The molecule has 1 saturated heterocycles. The minimum Gasteiger partial charge on any atom is -0.392 e. The number of anilines is 1. The van der Waals surface area contributed by atoms with E-state index in [2.05, 4.69) is 33.0 Å². The van der Waals surface area contributed by atoms with Crippen molar-refractivity contribution in [3.8, 4) is 0 Å². The molecule has 4 heteroatoms. The zero-order valence-electron chi connectivity index (χ0n) is 13.7. The van der Waals surface area contributed by atoms with Gasteiger partial charge < -0.3 is 15.2 Å². The first kappa shape index (κ1) is 15.3. The van der Waals surface area contributed by atoms with E-state index in [0.29, 0.717) is 0 Å². The first-order valence-corrected chi connectivity index (χ1v) is 7.77. The Morgan fingerprint density at radius 1 is 1.27 bits per heavy atom. The van der Waals surface area contributed by atoms with Gasteiger partial charge in [-0.3, -0.25) is 0 Å². The lowest BCUT2D eigenvalue weighted by atomic mass is 9.94. The van der Waals surface area contributed by atoms with E-state index in [1.165, 1.54) is 0 Å². The summed E-state index contributed by atoms with van der Waals surface area (Å²) in [4.78, 5) is 4.70. The number of fused-ring (bicyclic) bond motifs is 1. The van der Waals surface area contributed by atoms with Gasteiger partial charge in [0.2, 0.25) is 0 Å². The summed E-state index contributed by atoms with van der Waals surface area (Å²) < 4.78 is 6.13. The average Bonchev–Trinajstić information content (AvgIpc) is 2.65. The fourth-order valence-corrected chi connectivity index (χ4v) is 3.36. The van der Waals surface area contributed by atoms with Crippen LogP contribution in [0.25, 0.3) is 10.9 Å². The zero-order chi connectivity index (χ0) is 16.0. The molecule has 1 aliphatic rings. The highest BCUT2D eigenvalue weighted by molar-refractivity contribution is 5.81. The molecule has 2 N–H and O–H groups in total. The van der Waals surface area contributed by atoms with Crippen molar-refractivity contribution >= 4 is 16.7 Å². The molecule has 4 nitrogen and oxygen atoms in total. The minimum absolute atomic E-state index is 0.0302. The highest BCUT2D eigenvalue weighted by atomic mass is 16.5. The van der Waals surface area contributed by atoms with E-state index in [9.17, 15) is 5.11 Å². The molecule has 1 unspecified atom stereocenters. The second kappa shape index (κ2) is 5.21. The highest BCUT2D eigenvalue weighted by Crippen LogP contribution is 2.39. The summed E-state index contributed by atoms with van der Waals surface area (Å²) in [5.74, 6) is 0.751. The number of aromatic nitrogens is 1. The maximum atomic E-state index is 9.67. The molecule has 1 aromatic heterocycles. The minimum atomic E-state index is -0.274. The lowest BCUT2D eigenvalue weighted by molar-refractivity contribution is -0.0662. The standard InChI is InChI=1S/C18H24N2O2/c1-17(2)10-15(18(3,4)22-17)20-16-13(11-21)9-12-7-5-6-8-14(12)19-16/h5-9,15,21H,10-11H2,1-4H3,(H,19,20). The summed E-state index contributed by atoms with van der Waals surface area (Å²) in [6, 6.07) is 10.1. The maximum Gasteiger partial charge on any atom is 0.132 e. The van der Waals surface area contributed by atoms with Gasteiger partial charge in [0, 0.05) is 10.9 Å². The van der Waals surface area contributed by atoms with Gasteiger partial charge >= 0.3 is 0 Å². The predicted molar refractivity (Wildman–Crippen MR) is 88.9 cm³/mol. The number of ether oxygens (including phenoxy) is 1. The van der Waals surface area contributed by atoms with Gasteiger partial charge in [-0.2, -0.15) is 0 Å². The van der Waals surface area contributed by atoms with Gasteiger partial charge in [0.15, 0.2) is 0 Å². The van der Waals surface area contributed by atoms with Crippen LogP contribution in [0.15, 0.2) is 30.3 Å². The predicted octanol–water partition coefficient (Wildman–Crippen LogP) is 3.49. The van der Waals surface area contributed by atoms with Crippen LogP contribution < -0.4 is 5.32 Å². The van der Waals surface area contributed by atoms with Gasteiger partial charge in [-0.1, -0.05) is 18.2 Å². The van der Waals surface area contributed by atoms with E-state index < -0.39 is 0 Å². The first-order chi connectivity index (χ1) is 10.3. The van der Waals surface area contributed by atoms with Gasteiger partial charge in [0.25, 0.3) is 0 Å². The molecule has 22 heavy (non-hydrogen) atoms. The summed E-state index contributed by atoms with van der Waals surface area (Å²) in [5, 5.41) is 14.2. The number of rotatable bonds is 3. The number of aliphatic hydroxyl groups excluding tert-OH is 1. The van der Waals surface area contributed by atoms with Crippen LogP contribution in [0.2, 0.25) is 0 Å². The summed E-state index contributed by atoms with van der Waals surface area (Å²) in [7, 11) is 0.